The lowest BCUT2D eigenvalue weighted by Gasteiger charge is -2.39. The smallest absolute Gasteiger partial charge is 0.333 e. The van der Waals surface area contributed by atoms with Crippen LogP contribution < -0.4 is 0 Å². The molecule has 2 aromatic carbocycles. The zero-order valence-electron chi connectivity index (χ0n) is 34.9. The summed E-state index contributed by atoms with van der Waals surface area (Å²) in [5.74, 6) is -2.34. The van der Waals surface area contributed by atoms with E-state index in [0.717, 1.165) is 51.4 Å². The Hall–Kier alpha value is -5.20. The number of rotatable bonds is 8. The van der Waals surface area contributed by atoms with Gasteiger partial charge < -0.3 is 9.47 Å². The Bertz CT molecular complexity index is 2380. The van der Waals surface area contributed by atoms with E-state index in [-0.39, 0.29) is 82.6 Å². The van der Waals surface area contributed by atoms with Crippen LogP contribution in [0.4, 0.5) is 10.0 Å². The first-order chi connectivity index (χ1) is 30.7. The van der Waals surface area contributed by atoms with Crippen molar-refractivity contribution in [3.63, 3.8) is 0 Å². The molecule has 8 atom stereocenters. The molecule has 0 aliphatic heterocycles. The van der Waals surface area contributed by atoms with Gasteiger partial charge in [-0.25, -0.2) is 9.98 Å². The van der Waals surface area contributed by atoms with Crippen LogP contribution in [0.5, 0.6) is 0 Å². The van der Waals surface area contributed by atoms with Crippen LogP contribution >= 0.6 is 22.7 Å². The van der Waals surface area contributed by atoms with Crippen LogP contribution in [0.15, 0.2) is 82.8 Å². The summed E-state index contributed by atoms with van der Waals surface area (Å²) in [5, 5.41) is 0.616. The molecule has 7 aliphatic carbocycles. The van der Waals surface area contributed by atoms with E-state index in [4.69, 9.17) is 19.5 Å². The van der Waals surface area contributed by atoms with Crippen molar-refractivity contribution in [2.24, 2.45) is 57.3 Å². The molecule has 11 rings (SSSR count). The van der Waals surface area contributed by atoms with E-state index in [1.54, 1.807) is 12.1 Å². The fourth-order valence-electron chi connectivity index (χ4n) is 12.4. The predicted molar refractivity (Wildman–Crippen MR) is 238 cm³/mol. The van der Waals surface area contributed by atoms with Crippen molar-refractivity contribution < 1.29 is 38.2 Å². The molecule has 322 valence electrons. The first-order valence-corrected chi connectivity index (χ1v) is 24.4. The Morgan fingerprint density at radius 1 is 0.524 bits per heavy atom. The summed E-state index contributed by atoms with van der Waals surface area (Å²) < 4.78 is 12.1. The maximum Gasteiger partial charge on any atom is 0.333 e. The van der Waals surface area contributed by atoms with Crippen LogP contribution in [0.3, 0.4) is 0 Å². The molecule has 12 heteroatoms. The minimum Gasteiger partial charge on any atom is -0.459 e. The van der Waals surface area contributed by atoms with Gasteiger partial charge in [0, 0.05) is 34.8 Å². The average molecular weight is 881 g/mol. The van der Waals surface area contributed by atoms with E-state index < -0.39 is 17.4 Å². The minimum atomic E-state index is -2.15. The summed E-state index contributed by atoms with van der Waals surface area (Å²) in [6, 6.07) is 21.6. The van der Waals surface area contributed by atoms with Crippen LogP contribution in [-0.4, -0.2) is 46.5 Å². The summed E-state index contributed by atoms with van der Waals surface area (Å²) in [5.41, 5.74) is -0.287. The largest absolute Gasteiger partial charge is 0.459 e. The molecule has 63 heavy (non-hydrogen) atoms. The van der Waals surface area contributed by atoms with Crippen molar-refractivity contribution in [1.29, 1.82) is 0 Å². The molecule has 2 aromatic heterocycles. The molecule has 10 nitrogen and oxygen atoms in total. The van der Waals surface area contributed by atoms with Gasteiger partial charge in [0.05, 0.1) is 9.75 Å². The highest BCUT2D eigenvalue weighted by atomic mass is 32.1. The fourth-order valence-corrected chi connectivity index (χ4v) is 14.8. The maximum absolute atomic E-state index is 15.0. The number of ether oxygens (including phenoxy) is 2. The normalized spacial score (nSPS) is 29.0. The highest BCUT2D eigenvalue weighted by Gasteiger charge is 2.61. The first kappa shape index (κ1) is 40.6. The quantitative estimate of drug-likeness (QED) is 0.126. The first-order valence-electron chi connectivity index (χ1n) is 22.7. The van der Waals surface area contributed by atoms with Crippen LogP contribution in [0.2, 0.25) is 0 Å². The van der Waals surface area contributed by atoms with Gasteiger partial charge in [0.2, 0.25) is 5.41 Å². The van der Waals surface area contributed by atoms with Gasteiger partial charge >= 0.3 is 11.9 Å². The number of thiophene rings is 2. The second kappa shape index (κ2) is 16.1. The molecule has 0 amide bonds. The second-order valence-electron chi connectivity index (χ2n) is 18.9. The third-order valence-corrected chi connectivity index (χ3v) is 17.8. The monoisotopic (exact) mass is 880 g/mol. The molecule has 0 radical (unpaired) electrons. The summed E-state index contributed by atoms with van der Waals surface area (Å²) >= 11 is 2.36. The highest BCUT2D eigenvalue weighted by Crippen LogP contribution is 2.60. The van der Waals surface area contributed by atoms with Crippen molar-refractivity contribution in [1.82, 2.24) is 0 Å². The Labute approximate surface area is 373 Å². The number of carbonyl (C=O) groups excluding carboxylic acids is 6. The summed E-state index contributed by atoms with van der Waals surface area (Å²) in [6.45, 7) is -0.254. The molecular formula is C51H48N2O8S2. The lowest BCUT2D eigenvalue weighted by Crippen LogP contribution is -2.45. The van der Waals surface area contributed by atoms with Crippen molar-refractivity contribution in [3.8, 4) is 9.75 Å². The number of nitrogens with zero attached hydrogens (tertiary/aromatic N) is 2. The summed E-state index contributed by atoms with van der Waals surface area (Å²) in [6.07, 6.45) is 11.8. The number of Topliss-reactive ketones (excluding diaryl/α,β-unsaturated/α-hetero) is 4. The molecule has 7 aliphatic rings. The number of carbonyl (C=O) groups is 6. The Balaban J connectivity index is 1.01. The van der Waals surface area contributed by atoms with Crippen LogP contribution in [-0.2, 0) is 56.9 Å². The fraction of sp³-hybridized carbons (Fsp3) is 0.451. The summed E-state index contributed by atoms with van der Waals surface area (Å²) in [4.78, 5) is 96.7. The standard InChI is InChI=1S/C51H48N2O8S2/c54-43-33-19-29-15-7-8-16-30(29)20-34(33)44(55)41(43)52-39-23-37-47(62-39)48-38(24-40(63-48)53-42-45(56)35-21-31-17-9-10-18-32(31)22-36(35)46(42)57)51(37,49(58)60-25-27-11-3-1-4-12-27)50(59)61-26-28-13-5-2-6-14-28/h1-6,11-14,23-24,29-36H,7-10,15-22,25-26H2. The molecule has 0 bridgehead atoms. The van der Waals surface area contributed by atoms with Crippen LogP contribution in [0.25, 0.3) is 9.75 Å². The topological polar surface area (TPSA) is 146 Å². The highest BCUT2D eigenvalue weighted by molar-refractivity contribution is 7.26. The van der Waals surface area contributed by atoms with Gasteiger partial charge in [-0.05, 0) is 72.6 Å². The van der Waals surface area contributed by atoms with Gasteiger partial charge in [0.1, 0.15) is 23.2 Å². The van der Waals surface area contributed by atoms with Gasteiger partial charge in [0.25, 0.3) is 0 Å². The molecular weight excluding hydrogens is 833 g/mol. The third-order valence-electron chi connectivity index (χ3n) is 15.5. The van der Waals surface area contributed by atoms with Gasteiger partial charge in [-0.1, -0.05) is 112 Å². The molecule has 0 spiro atoms. The number of benzene rings is 2. The molecule has 4 aromatic rings. The van der Waals surface area contributed by atoms with E-state index in [9.17, 15) is 19.2 Å². The third kappa shape index (κ3) is 6.76. The lowest BCUT2D eigenvalue weighted by atomic mass is 9.64. The summed E-state index contributed by atoms with van der Waals surface area (Å²) in [7, 11) is 0. The Kier molecular flexibility index (Phi) is 10.4. The number of aliphatic imine (C=N–C) groups is 2. The number of hydrogen-bond acceptors (Lipinski definition) is 12. The number of ketones is 4. The molecule has 0 N–H and O–H groups in total. The van der Waals surface area contributed by atoms with E-state index in [2.05, 4.69) is 0 Å². The van der Waals surface area contributed by atoms with Crippen molar-refractivity contribution in [2.75, 3.05) is 0 Å². The zero-order valence-corrected chi connectivity index (χ0v) is 36.6. The number of esters is 2. The number of fused-ring (bicyclic) bond motifs is 7. The molecule has 6 fully saturated rings. The molecule has 0 saturated heterocycles. The maximum atomic E-state index is 15.0. The van der Waals surface area contributed by atoms with E-state index >= 15 is 9.59 Å². The average Bonchev–Trinajstić information content (AvgIpc) is 4.08. The van der Waals surface area contributed by atoms with Gasteiger partial charge in [-0.2, -0.15) is 0 Å². The lowest BCUT2D eigenvalue weighted by molar-refractivity contribution is -0.164. The van der Waals surface area contributed by atoms with Crippen LogP contribution in [0.1, 0.15) is 99.3 Å². The zero-order chi connectivity index (χ0) is 43.0. The number of hydrogen-bond donors (Lipinski definition) is 0. The molecule has 6 saturated carbocycles. The Morgan fingerprint density at radius 2 is 0.857 bits per heavy atom. The van der Waals surface area contributed by atoms with Crippen LogP contribution in [0, 0.1) is 47.3 Å². The SMILES string of the molecule is O=C1C(=Nc2cc3c(s2)-c2sc(N=C4C(=O)C5CC6CCCCC6CC5C4=O)cc2C3(C(=O)OCc2ccccc2)C(=O)OCc2ccccc2)C(=O)C2CC3CCCCC3CC12. The van der Waals surface area contributed by atoms with Gasteiger partial charge in [0.15, 0.2) is 34.6 Å². The predicted octanol–water partition coefficient (Wildman–Crippen LogP) is 9.68. The van der Waals surface area contributed by atoms with Crippen molar-refractivity contribution in [2.45, 2.75) is 95.7 Å². The van der Waals surface area contributed by atoms with E-state index in [1.807, 2.05) is 60.7 Å². The Morgan fingerprint density at radius 3 is 1.19 bits per heavy atom. The molecule has 2 heterocycles. The van der Waals surface area contributed by atoms with E-state index in [0.29, 0.717) is 80.2 Å². The van der Waals surface area contributed by atoms with Gasteiger partial charge in [-0.15, -0.1) is 22.7 Å². The van der Waals surface area contributed by atoms with Crippen molar-refractivity contribution >= 4 is 79.2 Å². The van der Waals surface area contributed by atoms with Gasteiger partial charge in [-0.3, -0.25) is 28.8 Å². The molecule has 8 unspecified atom stereocenters. The van der Waals surface area contributed by atoms with Crippen molar-refractivity contribution in [3.05, 3.63) is 95.1 Å². The second-order valence-corrected chi connectivity index (χ2v) is 20.9. The van der Waals surface area contributed by atoms with E-state index in [1.165, 1.54) is 22.7 Å². The minimum absolute atomic E-state index is 0.0643.